The normalized spacial score (nSPS) is 12.8. The maximum absolute atomic E-state index is 13.8. The zero-order valence-corrected chi connectivity index (χ0v) is 11.8. The number of benzene rings is 1. The largest absolute Gasteiger partial charge is 0.488 e. The van der Waals surface area contributed by atoms with Gasteiger partial charge in [0.1, 0.15) is 0 Å². The summed E-state index contributed by atoms with van der Waals surface area (Å²) in [6, 6.07) is 5.17. The number of hydrogen-bond acceptors (Lipinski definition) is 2. The van der Waals surface area contributed by atoms with Gasteiger partial charge in [-0.05, 0) is 43.5 Å². The summed E-state index contributed by atoms with van der Waals surface area (Å²) in [5.41, 5.74) is 0.943. The van der Waals surface area contributed by atoms with Gasteiger partial charge < -0.3 is 10.1 Å². The van der Waals surface area contributed by atoms with E-state index in [4.69, 9.17) is 4.74 Å². The summed E-state index contributed by atoms with van der Waals surface area (Å²) in [6.45, 7) is 9.85. The molecule has 1 rings (SSSR count). The number of hydrogen-bond donors (Lipinski definition) is 1. The van der Waals surface area contributed by atoms with E-state index in [1.54, 1.807) is 12.1 Å². The average molecular weight is 253 g/mol. The van der Waals surface area contributed by atoms with Gasteiger partial charge in [-0.3, -0.25) is 0 Å². The number of ether oxygens (including phenoxy) is 1. The summed E-state index contributed by atoms with van der Waals surface area (Å²) in [5.74, 6) is 0.625. The molecule has 0 spiro atoms. The van der Waals surface area contributed by atoms with Crippen molar-refractivity contribution in [2.45, 2.75) is 46.8 Å². The van der Waals surface area contributed by atoms with Crippen LogP contribution in [0.2, 0.25) is 0 Å². The molecule has 0 bridgehead atoms. The predicted octanol–water partition coefficient (Wildman–Crippen LogP) is 3.75. The molecular weight excluding hydrogens is 229 g/mol. The molecule has 0 heterocycles. The average Bonchev–Trinajstić information content (AvgIpc) is 2.28. The number of halogens is 1. The van der Waals surface area contributed by atoms with Crippen molar-refractivity contribution in [2.75, 3.05) is 6.54 Å². The second-order valence-electron chi connectivity index (χ2n) is 5.10. The summed E-state index contributed by atoms with van der Waals surface area (Å²) in [4.78, 5) is 0. The van der Waals surface area contributed by atoms with Crippen LogP contribution in [0.5, 0.6) is 5.75 Å². The third-order valence-corrected chi connectivity index (χ3v) is 2.71. The third kappa shape index (κ3) is 5.05. The van der Waals surface area contributed by atoms with Crippen LogP contribution in [0.3, 0.4) is 0 Å². The van der Waals surface area contributed by atoms with Crippen molar-refractivity contribution < 1.29 is 9.13 Å². The molecule has 0 aliphatic heterocycles. The maximum atomic E-state index is 13.8. The summed E-state index contributed by atoms with van der Waals surface area (Å²) in [6.07, 6.45) is 0.970. The van der Waals surface area contributed by atoms with Gasteiger partial charge in [-0.1, -0.05) is 26.8 Å². The van der Waals surface area contributed by atoms with Crippen LogP contribution >= 0.6 is 0 Å². The SMILES string of the molecule is CCNCc1ccc(OC(C)CC(C)C)c(F)c1. The number of rotatable bonds is 7. The Morgan fingerprint density at radius 2 is 2.00 bits per heavy atom. The molecule has 0 amide bonds. The molecule has 18 heavy (non-hydrogen) atoms. The quantitative estimate of drug-likeness (QED) is 0.799. The van der Waals surface area contributed by atoms with Gasteiger partial charge in [-0.2, -0.15) is 0 Å². The van der Waals surface area contributed by atoms with Crippen LogP contribution < -0.4 is 10.1 Å². The van der Waals surface area contributed by atoms with Crippen LogP contribution in [0, 0.1) is 11.7 Å². The van der Waals surface area contributed by atoms with E-state index in [9.17, 15) is 4.39 Å². The van der Waals surface area contributed by atoms with Gasteiger partial charge in [0.05, 0.1) is 6.10 Å². The highest BCUT2D eigenvalue weighted by Gasteiger charge is 2.10. The molecule has 0 radical (unpaired) electrons. The van der Waals surface area contributed by atoms with Crippen molar-refractivity contribution in [1.29, 1.82) is 0 Å². The molecule has 1 aromatic rings. The fourth-order valence-electron chi connectivity index (χ4n) is 1.95. The summed E-state index contributed by atoms with van der Waals surface area (Å²) in [5, 5.41) is 3.17. The molecule has 1 N–H and O–H groups in total. The number of nitrogens with one attached hydrogen (secondary N) is 1. The summed E-state index contributed by atoms with van der Waals surface area (Å²) in [7, 11) is 0. The highest BCUT2D eigenvalue weighted by molar-refractivity contribution is 5.29. The lowest BCUT2D eigenvalue weighted by Gasteiger charge is -2.17. The Kier molecular flexibility index (Phi) is 6.13. The molecule has 102 valence electrons. The van der Waals surface area contributed by atoms with Gasteiger partial charge in [-0.25, -0.2) is 4.39 Å². The summed E-state index contributed by atoms with van der Waals surface area (Å²) < 4.78 is 19.4. The van der Waals surface area contributed by atoms with Crippen LogP contribution in [0.25, 0.3) is 0 Å². The highest BCUT2D eigenvalue weighted by atomic mass is 19.1. The van der Waals surface area contributed by atoms with E-state index in [-0.39, 0.29) is 11.9 Å². The first-order valence-corrected chi connectivity index (χ1v) is 6.68. The molecule has 3 heteroatoms. The van der Waals surface area contributed by atoms with Gasteiger partial charge in [0.25, 0.3) is 0 Å². The maximum Gasteiger partial charge on any atom is 0.165 e. The topological polar surface area (TPSA) is 21.3 Å². The van der Waals surface area contributed by atoms with Crippen molar-refractivity contribution in [3.63, 3.8) is 0 Å². The van der Waals surface area contributed by atoms with Gasteiger partial charge in [0.15, 0.2) is 11.6 Å². The second kappa shape index (κ2) is 7.37. The van der Waals surface area contributed by atoms with Gasteiger partial charge in [0, 0.05) is 6.54 Å². The molecule has 2 nitrogen and oxygen atoms in total. The van der Waals surface area contributed by atoms with Gasteiger partial charge in [-0.15, -0.1) is 0 Å². The third-order valence-electron chi connectivity index (χ3n) is 2.71. The molecule has 1 unspecified atom stereocenters. The molecule has 1 aromatic carbocycles. The van der Waals surface area contributed by atoms with E-state index < -0.39 is 0 Å². The lowest BCUT2D eigenvalue weighted by atomic mass is 10.1. The standard InChI is InChI=1S/C15H24FNO/c1-5-17-10-13-6-7-15(14(16)9-13)18-12(4)8-11(2)3/h6-7,9,11-12,17H,5,8,10H2,1-4H3. The Hall–Kier alpha value is -1.09. The molecular formula is C15H24FNO. The smallest absolute Gasteiger partial charge is 0.165 e. The predicted molar refractivity (Wildman–Crippen MR) is 73.3 cm³/mol. The minimum atomic E-state index is -0.277. The Morgan fingerprint density at radius 1 is 1.28 bits per heavy atom. The Bertz CT molecular complexity index is 366. The Morgan fingerprint density at radius 3 is 2.56 bits per heavy atom. The molecule has 0 aromatic heterocycles. The second-order valence-corrected chi connectivity index (χ2v) is 5.10. The lowest BCUT2D eigenvalue weighted by molar-refractivity contribution is 0.185. The first-order chi connectivity index (χ1) is 8.52. The highest BCUT2D eigenvalue weighted by Crippen LogP contribution is 2.21. The van der Waals surface area contributed by atoms with E-state index in [0.29, 0.717) is 18.2 Å². The fraction of sp³-hybridized carbons (Fsp3) is 0.600. The van der Waals surface area contributed by atoms with Gasteiger partial charge in [0.2, 0.25) is 0 Å². The fourth-order valence-corrected chi connectivity index (χ4v) is 1.95. The van der Waals surface area contributed by atoms with Crippen molar-refractivity contribution in [2.24, 2.45) is 5.92 Å². The molecule has 0 aliphatic carbocycles. The van der Waals surface area contributed by atoms with E-state index in [2.05, 4.69) is 19.2 Å². The lowest BCUT2D eigenvalue weighted by Crippen LogP contribution is -2.16. The van der Waals surface area contributed by atoms with Crippen LogP contribution in [0.15, 0.2) is 18.2 Å². The zero-order chi connectivity index (χ0) is 13.5. The van der Waals surface area contributed by atoms with Crippen molar-refractivity contribution in [3.8, 4) is 5.75 Å². The van der Waals surface area contributed by atoms with E-state index in [1.807, 2.05) is 19.9 Å². The molecule has 1 atom stereocenters. The minimum Gasteiger partial charge on any atom is -0.488 e. The first kappa shape index (κ1) is 15.0. The van der Waals surface area contributed by atoms with Crippen molar-refractivity contribution >= 4 is 0 Å². The monoisotopic (exact) mass is 253 g/mol. The Labute approximate surface area is 110 Å². The van der Waals surface area contributed by atoms with E-state index in [1.165, 1.54) is 0 Å². The van der Waals surface area contributed by atoms with Crippen LogP contribution in [0.4, 0.5) is 4.39 Å². The Balaban J connectivity index is 2.61. The van der Waals surface area contributed by atoms with E-state index in [0.717, 1.165) is 18.5 Å². The van der Waals surface area contributed by atoms with Gasteiger partial charge >= 0.3 is 0 Å². The molecule has 0 fully saturated rings. The van der Waals surface area contributed by atoms with E-state index >= 15 is 0 Å². The van der Waals surface area contributed by atoms with Crippen LogP contribution in [-0.4, -0.2) is 12.6 Å². The summed E-state index contributed by atoms with van der Waals surface area (Å²) >= 11 is 0. The minimum absolute atomic E-state index is 0.0408. The molecule has 0 aliphatic rings. The first-order valence-electron chi connectivity index (χ1n) is 6.68. The van der Waals surface area contributed by atoms with Crippen molar-refractivity contribution in [1.82, 2.24) is 5.32 Å². The molecule has 0 saturated carbocycles. The molecule has 0 saturated heterocycles. The van der Waals surface area contributed by atoms with Crippen LogP contribution in [-0.2, 0) is 6.54 Å². The van der Waals surface area contributed by atoms with Crippen LogP contribution in [0.1, 0.15) is 39.7 Å². The van der Waals surface area contributed by atoms with Crippen molar-refractivity contribution in [3.05, 3.63) is 29.6 Å². The zero-order valence-electron chi connectivity index (χ0n) is 11.8.